The second kappa shape index (κ2) is 17.3. The number of ether oxygens (including phenoxy) is 4. The number of hydrogen-bond donors (Lipinski definition) is 14. The number of nitrogens with two attached hydrogens (primary N) is 5. The minimum absolute atomic E-state index is 0.0221. The molecule has 254 valence electrons. The van der Waals surface area contributed by atoms with E-state index in [1.54, 1.807) is 0 Å². The van der Waals surface area contributed by atoms with Gasteiger partial charge in [-0.05, 0) is 25.8 Å². The number of nitrogens with one attached hydrogen (secondary N) is 2. The second-order valence-electron chi connectivity index (χ2n) is 11.7. The molecular weight excluding hydrogens is 574 g/mol. The van der Waals surface area contributed by atoms with Crippen molar-refractivity contribution >= 4 is 0 Å². The highest BCUT2D eigenvalue weighted by Crippen LogP contribution is 2.31. The molecule has 0 bridgehead atoms. The Labute approximate surface area is 250 Å². The molecule has 3 fully saturated rings. The van der Waals surface area contributed by atoms with Crippen LogP contribution in [0.15, 0.2) is 0 Å². The van der Waals surface area contributed by atoms with E-state index < -0.39 is 104 Å². The predicted octanol–water partition coefficient (Wildman–Crippen LogP) is -8.00. The van der Waals surface area contributed by atoms with Gasteiger partial charge in [-0.1, -0.05) is 0 Å². The van der Waals surface area contributed by atoms with E-state index in [4.69, 9.17) is 47.6 Å². The van der Waals surface area contributed by atoms with Gasteiger partial charge in [-0.3, -0.25) is 0 Å². The van der Waals surface area contributed by atoms with Crippen molar-refractivity contribution in [2.45, 2.75) is 117 Å². The molecule has 43 heavy (non-hydrogen) atoms. The molecule has 0 amide bonds. The average Bonchev–Trinajstić information content (AvgIpc) is 2.97. The topological polar surface area (TPSA) is 333 Å². The van der Waals surface area contributed by atoms with Gasteiger partial charge >= 0.3 is 0 Å². The Hall–Kier alpha value is -0.720. The zero-order valence-corrected chi connectivity index (χ0v) is 24.3. The number of hydrogen-bond acceptors (Lipinski definition) is 18. The molecule has 16 atom stereocenters. The van der Waals surface area contributed by atoms with Crippen LogP contribution in [0, 0.1) is 0 Å². The summed E-state index contributed by atoms with van der Waals surface area (Å²) in [7, 11) is 0. The molecule has 18 heteroatoms. The van der Waals surface area contributed by atoms with Crippen LogP contribution in [0.3, 0.4) is 0 Å². The van der Waals surface area contributed by atoms with E-state index in [9.17, 15) is 35.7 Å². The van der Waals surface area contributed by atoms with E-state index >= 15 is 0 Å². The van der Waals surface area contributed by atoms with Crippen molar-refractivity contribution in [3.63, 3.8) is 0 Å². The van der Waals surface area contributed by atoms with Crippen LogP contribution in [-0.2, 0) is 18.9 Å². The van der Waals surface area contributed by atoms with Crippen LogP contribution >= 0.6 is 0 Å². The Morgan fingerprint density at radius 2 is 1.47 bits per heavy atom. The molecule has 3 unspecified atom stereocenters. The fourth-order valence-electron chi connectivity index (χ4n) is 5.61. The van der Waals surface area contributed by atoms with Crippen LogP contribution in [0.5, 0.6) is 0 Å². The van der Waals surface area contributed by atoms with Gasteiger partial charge in [-0.2, -0.15) is 0 Å². The van der Waals surface area contributed by atoms with Crippen LogP contribution in [0.25, 0.3) is 0 Å². The lowest BCUT2D eigenvalue weighted by molar-refractivity contribution is -0.316. The normalized spacial score (nSPS) is 43.8. The summed E-state index contributed by atoms with van der Waals surface area (Å²) in [6.07, 6.45) is -12.7. The van der Waals surface area contributed by atoms with E-state index in [-0.39, 0.29) is 39.0 Å². The molecule has 0 aromatic rings. The Kier molecular flexibility index (Phi) is 14.8. The van der Waals surface area contributed by atoms with Crippen molar-refractivity contribution in [2.24, 2.45) is 28.7 Å². The first kappa shape index (κ1) is 36.7. The molecular formula is C25H53N7O11. The van der Waals surface area contributed by atoms with Gasteiger partial charge in [0.15, 0.2) is 12.6 Å². The predicted molar refractivity (Wildman–Crippen MR) is 151 cm³/mol. The lowest BCUT2D eigenvalue weighted by atomic mass is 9.83. The molecule has 0 aromatic heterocycles. The summed E-state index contributed by atoms with van der Waals surface area (Å²) in [5, 5.41) is 78.5. The van der Waals surface area contributed by atoms with Gasteiger partial charge in [-0.15, -0.1) is 0 Å². The third kappa shape index (κ3) is 9.64. The van der Waals surface area contributed by atoms with Crippen LogP contribution in [0.4, 0.5) is 0 Å². The Morgan fingerprint density at radius 3 is 2.12 bits per heavy atom. The van der Waals surface area contributed by atoms with Gasteiger partial charge in [-0.25, -0.2) is 0 Å². The van der Waals surface area contributed by atoms with Crippen molar-refractivity contribution in [1.82, 2.24) is 10.6 Å². The van der Waals surface area contributed by atoms with E-state index in [1.165, 1.54) is 0 Å². The fourth-order valence-corrected chi connectivity index (χ4v) is 5.61. The Morgan fingerprint density at radius 1 is 0.791 bits per heavy atom. The first-order chi connectivity index (χ1) is 20.4. The maximum Gasteiger partial charge on any atom is 0.186 e. The third-order valence-corrected chi connectivity index (χ3v) is 8.25. The maximum absolute atomic E-state index is 11.5. The standard InChI is InChI=1S/C25H53N7O11/c26-2-1-10(34)6-31-8-16-15(36)4-13(29)24(40-16)42-22-12(28)3-14(32-7-11(35)5-27)23(21(22)39)43-25-20(38)18(30)19(37)17(9-33)41-25/h10-25,31-39H,1-9,26-30H2/t10?,11?,12-,13+,14+,15-,16+,17+,18-,19+,20+,21-,22?,23-,24+,25+/m0/s1. The van der Waals surface area contributed by atoms with Gasteiger partial charge in [0.1, 0.15) is 36.6 Å². The fraction of sp³-hybridized carbons (Fsp3) is 1.00. The van der Waals surface area contributed by atoms with E-state index in [2.05, 4.69) is 10.6 Å². The molecule has 2 heterocycles. The summed E-state index contributed by atoms with van der Waals surface area (Å²) < 4.78 is 23.7. The van der Waals surface area contributed by atoms with Crippen LogP contribution in [0.2, 0.25) is 0 Å². The third-order valence-electron chi connectivity index (χ3n) is 8.25. The molecule has 18 nitrogen and oxygen atoms in total. The number of aliphatic hydroxyl groups excluding tert-OH is 7. The zero-order chi connectivity index (χ0) is 31.8. The van der Waals surface area contributed by atoms with Crippen molar-refractivity contribution < 1.29 is 54.7 Å². The minimum Gasteiger partial charge on any atom is -0.394 e. The lowest BCUT2D eigenvalue weighted by Crippen LogP contribution is -2.69. The van der Waals surface area contributed by atoms with Crippen molar-refractivity contribution in [2.75, 3.05) is 39.3 Å². The van der Waals surface area contributed by atoms with Gasteiger partial charge in [0.2, 0.25) is 0 Å². The smallest absolute Gasteiger partial charge is 0.186 e. The molecule has 3 aliphatic rings. The molecule has 2 saturated heterocycles. The number of rotatable bonds is 15. The first-order valence-corrected chi connectivity index (χ1v) is 14.8. The van der Waals surface area contributed by atoms with Crippen LogP contribution < -0.4 is 39.3 Å². The highest BCUT2D eigenvalue weighted by atomic mass is 16.7. The number of aliphatic hydroxyl groups is 7. The van der Waals surface area contributed by atoms with Gasteiger partial charge in [0.25, 0.3) is 0 Å². The average molecular weight is 628 g/mol. The molecule has 2 aliphatic heterocycles. The molecule has 0 radical (unpaired) electrons. The molecule has 0 spiro atoms. The van der Waals surface area contributed by atoms with Crippen molar-refractivity contribution in [3.05, 3.63) is 0 Å². The van der Waals surface area contributed by atoms with E-state index in [0.717, 1.165) is 0 Å². The van der Waals surface area contributed by atoms with Gasteiger partial charge in [0.05, 0.1) is 43.1 Å². The monoisotopic (exact) mass is 627 g/mol. The van der Waals surface area contributed by atoms with Crippen LogP contribution in [0.1, 0.15) is 19.3 Å². The molecule has 1 aliphatic carbocycles. The van der Waals surface area contributed by atoms with Gasteiger partial charge < -0.3 is 94.0 Å². The molecule has 0 aromatic carbocycles. The van der Waals surface area contributed by atoms with Crippen molar-refractivity contribution in [3.8, 4) is 0 Å². The first-order valence-electron chi connectivity index (χ1n) is 14.8. The molecule has 3 rings (SSSR count). The quantitative estimate of drug-likeness (QED) is 0.0801. The minimum atomic E-state index is -1.51. The summed E-state index contributed by atoms with van der Waals surface area (Å²) in [6, 6.07) is -3.44. The van der Waals surface area contributed by atoms with Crippen LogP contribution in [-0.4, -0.2) is 173 Å². The summed E-state index contributed by atoms with van der Waals surface area (Å²) in [5.41, 5.74) is 29.6. The van der Waals surface area contributed by atoms with E-state index in [1.807, 2.05) is 0 Å². The molecule has 19 N–H and O–H groups in total. The summed E-state index contributed by atoms with van der Waals surface area (Å²) in [5.74, 6) is 0. The molecule has 1 saturated carbocycles. The van der Waals surface area contributed by atoms with E-state index in [0.29, 0.717) is 13.0 Å². The lowest BCUT2D eigenvalue weighted by Gasteiger charge is -2.48. The maximum atomic E-state index is 11.5. The zero-order valence-electron chi connectivity index (χ0n) is 24.3. The van der Waals surface area contributed by atoms with Crippen molar-refractivity contribution in [1.29, 1.82) is 0 Å². The summed E-state index contributed by atoms with van der Waals surface area (Å²) in [6.45, 7) is 0.182. The Bertz CT molecular complexity index is 811. The summed E-state index contributed by atoms with van der Waals surface area (Å²) in [4.78, 5) is 0. The summed E-state index contributed by atoms with van der Waals surface area (Å²) >= 11 is 0. The highest BCUT2D eigenvalue weighted by Gasteiger charge is 2.51. The highest BCUT2D eigenvalue weighted by molar-refractivity contribution is 5.02. The second-order valence-corrected chi connectivity index (χ2v) is 11.7. The SMILES string of the molecule is NCCC(O)CNC[C@H]1O[C@H](OC2[C@@H](N)C[C@@H](NCC(O)CN)[C@H](O[C@H]3O[C@H](CO)[C@@H](O)[C@H](N)[C@H]3O)[C@H]2O)[C@H](N)C[C@@H]1O. The van der Waals surface area contributed by atoms with Gasteiger partial charge in [0, 0.05) is 38.3 Å². The Balaban J connectivity index is 1.73. The largest absolute Gasteiger partial charge is 0.394 e.